The normalized spacial score (nSPS) is 12.1. The number of ether oxygens (including phenoxy) is 1. The molecule has 0 aromatic heterocycles. The number of aliphatic hydroxyl groups excluding tert-OH is 1. The SMILES string of the molecule is CS(=O)(=O)Nc1cc([C@@H](O)CNCCOc2ccc(-c3ccc(C(=O)O)cc3C(=O)O)cc2)ccc1O. The van der Waals surface area contributed by atoms with E-state index in [1.165, 1.54) is 30.3 Å². The van der Waals surface area contributed by atoms with E-state index in [4.69, 9.17) is 9.84 Å². The average Bonchev–Trinajstić information content (AvgIpc) is 2.84. The number of nitrogens with one attached hydrogen (secondary N) is 2. The average molecular weight is 531 g/mol. The highest BCUT2D eigenvalue weighted by atomic mass is 32.2. The largest absolute Gasteiger partial charge is 0.506 e. The number of carboxylic acids is 2. The molecule has 3 aromatic carbocycles. The number of aliphatic hydroxyl groups is 1. The van der Waals surface area contributed by atoms with Crippen molar-refractivity contribution in [2.75, 3.05) is 30.7 Å². The van der Waals surface area contributed by atoms with Gasteiger partial charge in [-0.3, -0.25) is 4.72 Å². The van der Waals surface area contributed by atoms with Crippen LogP contribution in [0.15, 0.2) is 60.7 Å². The van der Waals surface area contributed by atoms with Crippen LogP contribution in [0.3, 0.4) is 0 Å². The molecule has 0 aliphatic heterocycles. The molecule has 0 heterocycles. The third-order valence-electron chi connectivity index (χ3n) is 5.25. The van der Waals surface area contributed by atoms with Gasteiger partial charge < -0.3 is 30.5 Å². The summed E-state index contributed by atoms with van der Waals surface area (Å²) in [5, 5.41) is 41.7. The van der Waals surface area contributed by atoms with Crippen LogP contribution in [0.5, 0.6) is 11.5 Å². The Balaban J connectivity index is 1.52. The first kappa shape index (κ1) is 27.5. The number of hydrogen-bond acceptors (Lipinski definition) is 8. The number of carboxylic acid groups (broad SMARTS) is 2. The first-order valence-electron chi connectivity index (χ1n) is 11.0. The number of hydrogen-bond donors (Lipinski definition) is 6. The molecule has 0 saturated carbocycles. The molecule has 196 valence electrons. The summed E-state index contributed by atoms with van der Waals surface area (Å²) in [6.45, 7) is 0.789. The topological polar surface area (TPSA) is 182 Å². The third kappa shape index (κ3) is 7.67. The molecule has 6 N–H and O–H groups in total. The van der Waals surface area contributed by atoms with Crippen molar-refractivity contribution in [1.82, 2.24) is 5.32 Å². The Morgan fingerprint density at radius 2 is 1.68 bits per heavy atom. The van der Waals surface area contributed by atoms with E-state index in [9.17, 15) is 33.3 Å². The van der Waals surface area contributed by atoms with Crippen molar-refractivity contribution in [3.63, 3.8) is 0 Å². The number of aromatic hydroxyl groups is 1. The first-order chi connectivity index (χ1) is 17.4. The molecule has 0 aliphatic rings. The summed E-state index contributed by atoms with van der Waals surface area (Å²) in [6, 6.07) is 14.7. The Hall–Kier alpha value is -4.13. The Morgan fingerprint density at radius 1 is 0.973 bits per heavy atom. The van der Waals surface area contributed by atoms with Crippen LogP contribution in [0.1, 0.15) is 32.4 Å². The molecule has 0 radical (unpaired) electrons. The lowest BCUT2D eigenvalue weighted by Crippen LogP contribution is -2.26. The van der Waals surface area contributed by atoms with Crippen LogP contribution in [0.2, 0.25) is 0 Å². The van der Waals surface area contributed by atoms with Gasteiger partial charge in [0.25, 0.3) is 0 Å². The standard InChI is InChI=1S/C25H26N2O9S/c1-37(34,35)27-21-13-16(5-9-22(21)28)23(29)14-26-10-11-36-18-6-2-15(3-7-18)19-8-4-17(24(30)31)12-20(19)25(32)33/h2-9,12-13,23,26-29H,10-11,14H2,1H3,(H,30,31)(H,32,33)/t23-/m0/s1. The number of sulfonamides is 1. The lowest BCUT2D eigenvalue weighted by atomic mass is 9.97. The van der Waals surface area contributed by atoms with E-state index in [-0.39, 0.29) is 35.7 Å². The van der Waals surface area contributed by atoms with Gasteiger partial charge in [0.1, 0.15) is 18.1 Å². The minimum Gasteiger partial charge on any atom is -0.506 e. The van der Waals surface area contributed by atoms with Crippen molar-refractivity contribution in [3.05, 3.63) is 77.4 Å². The molecule has 1 atom stereocenters. The van der Waals surface area contributed by atoms with Crippen molar-refractivity contribution in [2.45, 2.75) is 6.10 Å². The summed E-state index contributed by atoms with van der Waals surface area (Å²) in [5.41, 5.74) is 1.11. The molecule has 0 amide bonds. The number of phenols is 1. The van der Waals surface area contributed by atoms with Crippen molar-refractivity contribution in [2.24, 2.45) is 0 Å². The monoisotopic (exact) mass is 530 g/mol. The third-order valence-corrected chi connectivity index (χ3v) is 5.84. The summed E-state index contributed by atoms with van der Waals surface area (Å²) in [5.74, 6) is -2.18. The van der Waals surface area contributed by atoms with E-state index in [2.05, 4.69) is 10.0 Å². The van der Waals surface area contributed by atoms with Crippen molar-refractivity contribution < 1.29 is 43.2 Å². The zero-order valence-corrected chi connectivity index (χ0v) is 20.5. The molecule has 37 heavy (non-hydrogen) atoms. The number of rotatable bonds is 12. The highest BCUT2D eigenvalue weighted by Crippen LogP contribution is 2.28. The number of carbonyl (C=O) groups is 2. The summed E-state index contributed by atoms with van der Waals surface area (Å²) < 4.78 is 30.7. The van der Waals surface area contributed by atoms with Crippen LogP contribution in [0, 0.1) is 0 Å². The van der Waals surface area contributed by atoms with Crippen molar-refractivity contribution in [1.29, 1.82) is 0 Å². The van der Waals surface area contributed by atoms with Crippen LogP contribution in [-0.2, 0) is 10.0 Å². The van der Waals surface area contributed by atoms with Gasteiger partial charge in [0.15, 0.2) is 0 Å². The molecule has 3 rings (SSSR count). The molecular formula is C25H26N2O9S. The fraction of sp³-hybridized carbons (Fsp3) is 0.200. The Labute approximate surface area is 213 Å². The predicted molar refractivity (Wildman–Crippen MR) is 136 cm³/mol. The maximum absolute atomic E-state index is 11.6. The lowest BCUT2D eigenvalue weighted by molar-refractivity contribution is 0.0696. The van der Waals surface area contributed by atoms with Gasteiger partial charge in [0.05, 0.1) is 29.2 Å². The number of anilines is 1. The second-order valence-corrected chi connectivity index (χ2v) is 9.86. The first-order valence-corrected chi connectivity index (χ1v) is 12.9. The van der Waals surface area contributed by atoms with E-state index in [0.717, 1.165) is 12.3 Å². The molecule has 3 aromatic rings. The Kier molecular flexibility index (Phi) is 8.71. The van der Waals surface area contributed by atoms with E-state index in [1.807, 2.05) is 0 Å². The van der Waals surface area contributed by atoms with Crippen LogP contribution < -0.4 is 14.8 Å². The van der Waals surface area contributed by atoms with Gasteiger partial charge in [-0.25, -0.2) is 18.0 Å². The van der Waals surface area contributed by atoms with Gasteiger partial charge >= 0.3 is 11.9 Å². The predicted octanol–water partition coefficient (Wildman–Crippen LogP) is 2.53. The molecule has 0 fully saturated rings. The molecule has 0 aliphatic carbocycles. The minimum absolute atomic E-state index is 0.0286. The summed E-state index contributed by atoms with van der Waals surface area (Å²) in [6.07, 6.45) is -0.00728. The van der Waals surface area contributed by atoms with Crippen LogP contribution in [0.4, 0.5) is 5.69 Å². The lowest BCUT2D eigenvalue weighted by Gasteiger charge is -2.15. The highest BCUT2D eigenvalue weighted by molar-refractivity contribution is 7.92. The summed E-state index contributed by atoms with van der Waals surface area (Å²) in [4.78, 5) is 22.7. The molecular weight excluding hydrogens is 504 g/mol. The van der Waals surface area contributed by atoms with E-state index >= 15 is 0 Å². The number of aromatic carboxylic acids is 2. The van der Waals surface area contributed by atoms with Crippen molar-refractivity contribution >= 4 is 27.6 Å². The molecule has 12 heteroatoms. The maximum Gasteiger partial charge on any atom is 0.336 e. The maximum atomic E-state index is 11.6. The number of phenolic OH excluding ortho intramolecular Hbond substituents is 1. The van der Waals surface area contributed by atoms with Gasteiger partial charge in [-0.2, -0.15) is 0 Å². The van der Waals surface area contributed by atoms with Gasteiger partial charge in [-0.15, -0.1) is 0 Å². The molecule has 0 bridgehead atoms. The van der Waals surface area contributed by atoms with Crippen LogP contribution >= 0.6 is 0 Å². The fourth-order valence-corrected chi connectivity index (χ4v) is 4.04. The zero-order valence-electron chi connectivity index (χ0n) is 19.7. The Morgan fingerprint density at radius 3 is 2.30 bits per heavy atom. The summed E-state index contributed by atoms with van der Waals surface area (Å²) in [7, 11) is -3.59. The van der Waals surface area contributed by atoms with Gasteiger partial charge in [-0.1, -0.05) is 24.3 Å². The molecule has 0 unspecified atom stereocenters. The molecule has 0 saturated heterocycles. The van der Waals surface area contributed by atoms with Gasteiger partial charge in [-0.05, 0) is 53.1 Å². The molecule has 11 nitrogen and oxygen atoms in total. The molecule has 0 spiro atoms. The minimum atomic E-state index is -3.59. The second kappa shape index (κ2) is 11.7. The fourth-order valence-electron chi connectivity index (χ4n) is 3.48. The van der Waals surface area contributed by atoms with Crippen LogP contribution in [0.25, 0.3) is 11.1 Å². The quantitative estimate of drug-likeness (QED) is 0.150. The highest BCUT2D eigenvalue weighted by Gasteiger charge is 2.16. The van der Waals surface area contributed by atoms with Crippen molar-refractivity contribution in [3.8, 4) is 22.6 Å². The summed E-state index contributed by atoms with van der Waals surface area (Å²) >= 11 is 0. The smallest absolute Gasteiger partial charge is 0.336 e. The van der Waals surface area contributed by atoms with Crippen LogP contribution in [-0.4, -0.2) is 66.7 Å². The zero-order chi connectivity index (χ0) is 27.2. The Bertz CT molecular complexity index is 1390. The van der Waals surface area contributed by atoms with Gasteiger partial charge in [0, 0.05) is 13.1 Å². The van der Waals surface area contributed by atoms with E-state index in [1.54, 1.807) is 24.3 Å². The van der Waals surface area contributed by atoms with E-state index in [0.29, 0.717) is 29.0 Å². The van der Waals surface area contributed by atoms with Gasteiger partial charge in [0.2, 0.25) is 10.0 Å². The second-order valence-electron chi connectivity index (χ2n) is 8.11. The van der Waals surface area contributed by atoms with E-state index < -0.39 is 28.1 Å². The number of benzene rings is 3.